The minimum absolute atomic E-state index is 0.0781. The predicted molar refractivity (Wildman–Crippen MR) is 140 cm³/mol. The van der Waals surface area contributed by atoms with Gasteiger partial charge in [0.15, 0.2) is 6.61 Å². The molecule has 1 fully saturated rings. The number of ether oxygens (including phenoxy) is 1. The van der Waals surface area contributed by atoms with Crippen molar-refractivity contribution in [2.45, 2.75) is 32.3 Å². The molecule has 1 aromatic heterocycles. The lowest BCUT2D eigenvalue weighted by atomic mass is 10.1. The molecule has 2 heterocycles. The second-order valence-electron chi connectivity index (χ2n) is 8.15. The van der Waals surface area contributed by atoms with Crippen LogP contribution in [0.15, 0.2) is 53.6 Å². The van der Waals surface area contributed by atoms with Gasteiger partial charge in [0.25, 0.3) is 5.91 Å². The molecule has 5 nitrogen and oxygen atoms in total. The second-order valence-corrected chi connectivity index (χ2v) is 10.9. The molecule has 0 saturated carbocycles. The molecule has 1 amide bonds. The Morgan fingerprint density at radius 3 is 2.48 bits per heavy atom. The Labute approximate surface area is 204 Å². The van der Waals surface area contributed by atoms with Crippen LogP contribution in [0.3, 0.4) is 0 Å². The first-order chi connectivity index (χ1) is 15.9. The van der Waals surface area contributed by atoms with Gasteiger partial charge in [0.2, 0.25) is 0 Å². The van der Waals surface area contributed by atoms with Crippen molar-refractivity contribution >= 4 is 35.6 Å². The number of nitrogens with one attached hydrogen (secondary N) is 1. The fourth-order valence-corrected chi connectivity index (χ4v) is 6.67. The molecule has 0 atom stereocenters. The minimum Gasteiger partial charge on any atom is -0.484 e. The number of carbonyl (C=O) groups excluding carboxylic acids is 1. The monoisotopic (exact) mass is 479 g/mol. The van der Waals surface area contributed by atoms with Gasteiger partial charge in [0.05, 0.1) is 10.8 Å². The highest BCUT2D eigenvalue weighted by atomic mass is 32.2. The molecule has 0 aliphatic carbocycles. The molecule has 7 heteroatoms. The van der Waals surface area contributed by atoms with E-state index in [-0.39, 0.29) is 12.5 Å². The summed E-state index contributed by atoms with van der Waals surface area (Å²) in [5, 5.41) is 4.14. The Morgan fingerprint density at radius 2 is 1.79 bits per heavy atom. The van der Waals surface area contributed by atoms with Crippen molar-refractivity contribution in [1.82, 2.24) is 9.99 Å². The van der Waals surface area contributed by atoms with Crippen LogP contribution in [0.4, 0.5) is 0 Å². The van der Waals surface area contributed by atoms with E-state index in [1.165, 1.54) is 28.2 Å². The van der Waals surface area contributed by atoms with Gasteiger partial charge >= 0.3 is 0 Å². The van der Waals surface area contributed by atoms with Crippen molar-refractivity contribution in [3.05, 3.63) is 82.2 Å². The van der Waals surface area contributed by atoms with Gasteiger partial charge < -0.3 is 9.30 Å². The maximum Gasteiger partial charge on any atom is 0.277 e. The third-order valence-electron chi connectivity index (χ3n) is 5.76. The predicted octanol–water partition coefficient (Wildman–Crippen LogP) is 5.72. The highest BCUT2D eigenvalue weighted by Crippen LogP contribution is 2.45. The summed E-state index contributed by atoms with van der Waals surface area (Å²) >= 11 is 3.94. The Kier molecular flexibility index (Phi) is 7.50. The van der Waals surface area contributed by atoms with Crippen LogP contribution in [0, 0.1) is 27.7 Å². The van der Waals surface area contributed by atoms with E-state index in [2.05, 4.69) is 79.2 Å². The van der Waals surface area contributed by atoms with Crippen LogP contribution < -0.4 is 10.2 Å². The van der Waals surface area contributed by atoms with Crippen molar-refractivity contribution in [3.63, 3.8) is 0 Å². The second kappa shape index (κ2) is 10.5. The number of thioether (sulfide) groups is 2. The zero-order valence-electron chi connectivity index (χ0n) is 19.4. The van der Waals surface area contributed by atoms with Crippen LogP contribution in [-0.4, -0.2) is 34.8 Å². The van der Waals surface area contributed by atoms with Gasteiger partial charge in [-0.15, -0.1) is 23.5 Å². The third-order valence-corrected chi connectivity index (χ3v) is 8.86. The lowest BCUT2D eigenvalue weighted by molar-refractivity contribution is -0.123. The number of aryl methyl sites for hydroxylation is 3. The van der Waals surface area contributed by atoms with Gasteiger partial charge in [-0.3, -0.25) is 4.79 Å². The molecule has 0 radical (unpaired) electrons. The maximum atomic E-state index is 12.2. The molecule has 4 rings (SSSR count). The van der Waals surface area contributed by atoms with Crippen molar-refractivity contribution in [2.24, 2.45) is 5.10 Å². The molecule has 1 N–H and O–H groups in total. The summed E-state index contributed by atoms with van der Waals surface area (Å²) in [6.07, 6.45) is 1.68. The van der Waals surface area contributed by atoms with E-state index in [0.717, 1.165) is 22.6 Å². The quantitative estimate of drug-likeness (QED) is 0.348. The minimum atomic E-state index is -0.291. The van der Waals surface area contributed by atoms with E-state index >= 15 is 0 Å². The molecule has 1 aliphatic rings. The molecule has 0 spiro atoms. The Hall–Kier alpha value is -2.64. The molecular formula is C26H29N3O2S2. The normalized spacial score (nSPS) is 14.2. The summed E-state index contributed by atoms with van der Waals surface area (Å²) in [7, 11) is 0. The van der Waals surface area contributed by atoms with Gasteiger partial charge in [0, 0.05) is 34.1 Å². The van der Waals surface area contributed by atoms with Gasteiger partial charge in [-0.25, -0.2) is 5.43 Å². The van der Waals surface area contributed by atoms with Crippen LogP contribution in [0.1, 0.15) is 38.2 Å². The lowest BCUT2D eigenvalue weighted by Gasteiger charge is -2.11. The van der Waals surface area contributed by atoms with Crippen molar-refractivity contribution in [1.29, 1.82) is 0 Å². The number of amides is 1. The van der Waals surface area contributed by atoms with Crippen LogP contribution in [0.5, 0.6) is 5.75 Å². The van der Waals surface area contributed by atoms with Crippen LogP contribution >= 0.6 is 23.5 Å². The summed E-state index contributed by atoms with van der Waals surface area (Å²) in [4.78, 5) is 12.2. The zero-order valence-corrected chi connectivity index (χ0v) is 21.1. The Bertz CT molecular complexity index is 1160. The highest BCUT2D eigenvalue weighted by molar-refractivity contribution is 8.19. The molecule has 3 aromatic rings. The summed E-state index contributed by atoms with van der Waals surface area (Å²) < 4.78 is 8.32. The van der Waals surface area contributed by atoms with E-state index in [1.54, 1.807) is 6.21 Å². The molecule has 172 valence electrons. The summed E-state index contributed by atoms with van der Waals surface area (Å²) in [6.45, 7) is 8.28. The zero-order chi connectivity index (χ0) is 23.4. The first-order valence-electron chi connectivity index (χ1n) is 11.0. The first-order valence-corrected chi connectivity index (χ1v) is 13.1. The van der Waals surface area contributed by atoms with Crippen molar-refractivity contribution in [2.75, 3.05) is 18.1 Å². The number of hydrazone groups is 1. The number of benzene rings is 2. The number of nitrogens with zero attached hydrogens (tertiary/aromatic N) is 2. The van der Waals surface area contributed by atoms with Crippen LogP contribution in [0.25, 0.3) is 5.69 Å². The first kappa shape index (κ1) is 23.5. The smallest absolute Gasteiger partial charge is 0.277 e. The fraction of sp³-hybridized carbons (Fsp3) is 0.308. The average Bonchev–Trinajstić information content (AvgIpc) is 3.43. The SMILES string of the molecule is Cc1ccc(-n2c(C)cc(/C=N\NC(=O)COc3ccc(C4SCCS4)cc3)c2C)cc1C. The lowest BCUT2D eigenvalue weighted by Crippen LogP contribution is -2.24. The largest absolute Gasteiger partial charge is 0.484 e. The summed E-state index contributed by atoms with van der Waals surface area (Å²) in [5.41, 5.74) is 10.7. The fourth-order valence-electron chi connectivity index (χ4n) is 3.81. The van der Waals surface area contributed by atoms with Crippen LogP contribution in [-0.2, 0) is 4.79 Å². The number of rotatable bonds is 7. The van der Waals surface area contributed by atoms with E-state index in [4.69, 9.17) is 4.74 Å². The van der Waals surface area contributed by atoms with Gasteiger partial charge in [0.1, 0.15) is 5.75 Å². The van der Waals surface area contributed by atoms with E-state index in [9.17, 15) is 4.79 Å². The van der Waals surface area contributed by atoms with E-state index < -0.39 is 0 Å². The molecule has 33 heavy (non-hydrogen) atoms. The van der Waals surface area contributed by atoms with Gasteiger partial charge in [-0.2, -0.15) is 5.10 Å². The molecule has 0 bridgehead atoms. The number of hydrogen-bond donors (Lipinski definition) is 1. The molecule has 1 aliphatic heterocycles. The maximum absolute atomic E-state index is 12.2. The Morgan fingerprint density at radius 1 is 1.06 bits per heavy atom. The van der Waals surface area contributed by atoms with E-state index in [0.29, 0.717) is 10.3 Å². The Balaban J connectivity index is 1.32. The molecule has 2 aromatic carbocycles. The topological polar surface area (TPSA) is 55.6 Å². The molecule has 1 saturated heterocycles. The van der Waals surface area contributed by atoms with Gasteiger partial charge in [-0.1, -0.05) is 18.2 Å². The average molecular weight is 480 g/mol. The van der Waals surface area contributed by atoms with Crippen molar-refractivity contribution < 1.29 is 9.53 Å². The standard InChI is InChI=1S/C26H29N3O2S2/c1-17-5-8-23(13-18(17)2)29-19(3)14-22(20(29)4)15-27-28-25(30)16-31-24-9-6-21(7-10-24)26-32-11-12-33-26/h5-10,13-15,26H,11-12,16H2,1-4H3,(H,28,30)/b27-15-. The van der Waals surface area contributed by atoms with Crippen molar-refractivity contribution in [3.8, 4) is 11.4 Å². The third kappa shape index (κ3) is 5.65. The number of carbonyl (C=O) groups is 1. The number of hydrogen-bond acceptors (Lipinski definition) is 5. The van der Waals surface area contributed by atoms with E-state index in [1.807, 2.05) is 35.7 Å². The number of aromatic nitrogens is 1. The summed E-state index contributed by atoms with van der Waals surface area (Å²) in [5.74, 6) is 2.79. The highest BCUT2D eigenvalue weighted by Gasteiger charge is 2.18. The van der Waals surface area contributed by atoms with Crippen LogP contribution in [0.2, 0.25) is 0 Å². The molecular weight excluding hydrogens is 450 g/mol. The summed E-state index contributed by atoms with van der Waals surface area (Å²) in [6, 6.07) is 16.5. The van der Waals surface area contributed by atoms with Gasteiger partial charge in [-0.05, 0) is 74.7 Å². The molecule has 0 unspecified atom stereocenters.